The largest absolute Gasteiger partial charge is 0.467 e. The van der Waals surface area contributed by atoms with Crippen LogP contribution in [0.25, 0.3) is 0 Å². The lowest BCUT2D eigenvalue weighted by Gasteiger charge is -2.36. The van der Waals surface area contributed by atoms with Gasteiger partial charge >= 0.3 is 11.9 Å². The molecule has 2 aromatic rings. The topological polar surface area (TPSA) is 81.7 Å². The van der Waals surface area contributed by atoms with Crippen LogP contribution in [-0.2, 0) is 19.1 Å². The predicted molar refractivity (Wildman–Crippen MR) is 112 cm³/mol. The number of carbonyl (C=O) groups excluding carboxylic acids is 3. The van der Waals surface area contributed by atoms with Gasteiger partial charge in [-0.25, -0.2) is 9.59 Å². The number of hydrogen-bond donors (Lipinski definition) is 1. The van der Waals surface area contributed by atoms with Gasteiger partial charge in [-0.2, -0.15) is 0 Å². The fraction of sp³-hybridized carbons (Fsp3) is 0.261. The molecule has 0 aromatic heterocycles. The number of hydrogen-bond acceptors (Lipinski definition) is 5. The van der Waals surface area contributed by atoms with Crippen LogP contribution in [0.5, 0.6) is 0 Å². The molecule has 0 bridgehead atoms. The minimum absolute atomic E-state index is 0.0467. The van der Waals surface area contributed by atoms with Crippen LogP contribution in [0.15, 0.2) is 66.2 Å². The van der Waals surface area contributed by atoms with Crippen LogP contribution < -0.4 is 5.32 Å². The van der Waals surface area contributed by atoms with E-state index >= 15 is 0 Å². The number of nitrogens with one attached hydrogen (secondary N) is 1. The Balaban J connectivity index is 2.14. The van der Waals surface area contributed by atoms with Crippen LogP contribution >= 0.6 is 11.6 Å². The zero-order chi connectivity index (χ0) is 21.7. The van der Waals surface area contributed by atoms with E-state index in [1.165, 1.54) is 7.11 Å². The fourth-order valence-electron chi connectivity index (χ4n) is 3.78. The first-order valence-electron chi connectivity index (χ1n) is 9.53. The monoisotopic (exact) mass is 427 g/mol. The van der Waals surface area contributed by atoms with Crippen molar-refractivity contribution in [1.82, 2.24) is 5.32 Å². The van der Waals surface area contributed by atoms with E-state index in [1.54, 1.807) is 67.6 Å². The van der Waals surface area contributed by atoms with Crippen molar-refractivity contribution in [2.75, 3.05) is 13.7 Å². The fourth-order valence-corrected chi connectivity index (χ4v) is 3.98. The molecule has 2 atom stereocenters. The van der Waals surface area contributed by atoms with Crippen LogP contribution in [-0.4, -0.2) is 37.1 Å². The number of rotatable bonds is 6. The Morgan fingerprint density at radius 2 is 1.87 bits per heavy atom. The van der Waals surface area contributed by atoms with Gasteiger partial charge in [0.05, 0.1) is 19.3 Å². The molecule has 1 N–H and O–H groups in total. The second kappa shape index (κ2) is 9.13. The van der Waals surface area contributed by atoms with Crippen molar-refractivity contribution in [3.05, 3.63) is 82.4 Å². The molecule has 0 radical (unpaired) electrons. The predicted octanol–water partition coefficient (Wildman–Crippen LogP) is 3.66. The maximum absolute atomic E-state index is 13.2. The first kappa shape index (κ1) is 21.6. The van der Waals surface area contributed by atoms with Crippen molar-refractivity contribution in [3.8, 4) is 0 Å². The number of amides is 1. The molecule has 1 aliphatic rings. The van der Waals surface area contributed by atoms with Gasteiger partial charge in [0.15, 0.2) is 5.54 Å². The summed E-state index contributed by atoms with van der Waals surface area (Å²) < 4.78 is 10.3. The molecule has 0 spiro atoms. The summed E-state index contributed by atoms with van der Waals surface area (Å²) in [6.07, 6.45) is 1.93. The molecule has 156 valence electrons. The second-order valence-corrected chi connectivity index (χ2v) is 7.24. The Morgan fingerprint density at radius 1 is 1.13 bits per heavy atom. The minimum Gasteiger partial charge on any atom is -0.467 e. The average molecular weight is 428 g/mol. The van der Waals surface area contributed by atoms with Gasteiger partial charge in [-0.1, -0.05) is 48.0 Å². The Morgan fingerprint density at radius 3 is 2.50 bits per heavy atom. The lowest BCUT2D eigenvalue weighted by atomic mass is 9.77. The molecule has 6 nitrogen and oxygen atoms in total. The molecular formula is C23H22ClNO5. The van der Waals surface area contributed by atoms with Gasteiger partial charge < -0.3 is 14.8 Å². The highest BCUT2D eigenvalue weighted by molar-refractivity contribution is 6.30. The summed E-state index contributed by atoms with van der Waals surface area (Å²) in [5.74, 6) is -2.55. The molecule has 2 aromatic carbocycles. The summed E-state index contributed by atoms with van der Waals surface area (Å²) in [6, 6.07) is 15.4. The van der Waals surface area contributed by atoms with Crippen molar-refractivity contribution < 1.29 is 23.9 Å². The number of benzene rings is 2. The van der Waals surface area contributed by atoms with E-state index in [0.717, 1.165) is 0 Å². The molecule has 3 rings (SSSR count). The van der Waals surface area contributed by atoms with Gasteiger partial charge in [-0.05, 0) is 43.2 Å². The summed E-state index contributed by atoms with van der Waals surface area (Å²) >= 11 is 6.17. The van der Waals surface area contributed by atoms with Gasteiger partial charge in [0.1, 0.15) is 0 Å². The number of carbonyl (C=O) groups is 3. The molecule has 30 heavy (non-hydrogen) atoms. The molecule has 0 heterocycles. The molecule has 0 saturated carbocycles. The molecule has 0 fully saturated rings. The lowest BCUT2D eigenvalue weighted by Crippen LogP contribution is -2.59. The normalized spacial score (nSPS) is 20.2. The van der Waals surface area contributed by atoms with Crippen LogP contribution in [0.4, 0.5) is 0 Å². The molecular weight excluding hydrogens is 406 g/mol. The van der Waals surface area contributed by atoms with Crippen molar-refractivity contribution in [1.29, 1.82) is 0 Å². The van der Waals surface area contributed by atoms with E-state index in [4.69, 9.17) is 21.1 Å². The molecule has 7 heteroatoms. The highest BCUT2D eigenvalue weighted by Gasteiger charge is 2.57. The lowest BCUT2D eigenvalue weighted by molar-refractivity contribution is -0.151. The van der Waals surface area contributed by atoms with Crippen LogP contribution in [0, 0.1) is 0 Å². The molecule has 0 saturated heterocycles. The molecule has 0 aliphatic heterocycles. The second-order valence-electron chi connectivity index (χ2n) is 6.80. The average Bonchev–Trinajstić information content (AvgIpc) is 3.14. The van der Waals surface area contributed by atoms with Gasteiger partial charge in [-0.15, -0.1) is 0 Å². The summed E-state index contributed by atoms with van der Waals surface area (Å²) in [7, 11) is 1.22. The van der Waals surface area contributed by atoms with Crippen molar-refractivity contribution in [3.63, 3.8) is 0 Å². The third-order valence-corrected chi connectivity index (χ3v) is 5.34. The van der Waals surface area contributed by atoms with E-state index < -0.39 is 29.3 Å². The van der Waals surface area contributed by atoms with E-state index in [-0.39, 0.29) is 12.2 Å². The Hall–Kier alpha value is -3.12. The number of halogens is 1. The van der Waals surface area contributed by atoms with Gasteiger partial charge in [0.25, 0.3) is 5.91 Å². The van der Waals surface area contributed by atoms with E-state index in [0.29, 0.717) is 22.6 Å². The van der Waals surface area contributed by atoms with E-state index in [9.17, 15) is 14.4 Å². The van der Waals surface area contributed by atoms with Gasteiger partial charge in [0.2, 0.25) is 0 Å². The SMILES string of the molecule is CCOC(=O)C1=CC[C@H](c2cccc(Cl)c2)[C@@]1(NC(=O)c1ccccc1)C(=O)OC. The van der Waals surface area contributed by atoms with E-state index in [2.05, 4.69) is 5.32 Å². The summed E-state index contributed by atoms with van der Waals surface area (Å²) in [5.41, 5.74) is -0.665. The number of methoxy groups -OCH3 is 1. The first-order chi connectivity index (χ1) is 14.4. The zero-order valence-corrected chi connectivity index (χ0v) is 17.4. The first-order valence-corrected chi connectivity index (χ1v) is 9.91. The van der Waals surface area contributed by atoms with Crippen molar-refractivity contribution >= 4 is 29.4 Å². The van der Waals surface area contributed by atoms with Gasteiger partial charge in [0, 0.05) is 16.5 Å². The summed E-state index contributed by atoms with van der Waals surface area (Å²) in [4.78, 5) is 39.0. The van der Waals surface area contributed by atoms with E-state index in [1.807, 2.05) is 0 Å². The quantitative estimate of drug-likeness (QED) is 0.711. The van der Waals surface area contributed by atoms with Crippen LogP contribution in [0.3, 0.4) is 0 Å². The summed E-state index contributed by atoms with van der Waals surface area (Å²) in [5, 5.41) is 3.27. The Bertz CT molecular complexity index is 988. The maximum Gasteiger partial charge on any atom is 0.337 e. The minimum atomic E-state index is -1.75. The molecule has 1 amide bonds. The Kier molecular flexibility index (Phi) is 6.57. The third kappa shape index (κ3) is 3.96. The standard InChI is InChI=1S/C23H22ClNO5/c1-3-30-21(27)19-13-12-18(16-10-7-11-17(24)14-16)23(19,22(28)29-2)25-20(26)15-8-5-4-6-9-15/h4-11,13-14,18H,3,12H2,1-2H3,(H,25,26)/t18-,23+/m1/s1. The maximum atomic E-state index is 13.2. The number of allylic oxidation sites excluding steroid dienone is 1. The van der Waals surface area contributed by atoms with Crippen molar-refractivity contribution in [2.45, 2.75) is 24.8 Å². The highest BCUT2D eigenvalue weighted by atomic mass is 35.5. The number of ether oxygens (including phenoxy) is 2. The molecule has 1 aliphatic carbocycles. The highest BCUT2D eigenvalue weighted by Crippen LogP contribution is 2.45. The molecule has 0 unspecified atom stereocenters. The number of esters is 2. The zero-order valence-electron chi connectivity index (χ0n) is 16.7. The Labute approximate surface area is 179 Å². The third-order valence-electron chi connectivity index (χ3n) is 5.11. The van der Waals surface area contributed by atoms with Gasteiger partial charge in [-0.3, -0.25) is 4.79 Å². The smallest absolute Gasteiger partial charge is 0.337 e. The van der Waals surface area contributed by atoms with Crippen LogP contribution in [0.1, 0.15) is 35.2 Å². The van der Waals surface area contributed by atoms with Crippen LogP contribution in [0.2, 0.25) is 5.02 Å². The van der Waals surface area contributed by atoms with Crippen molar-refractivity contribution in [2.24, 2.45) is 0 Å². The summed E-state index contributed by atoms with van der Waals surface area (Å²) in [6.45, 7) is 1.80.